The van der Waals surface area contributed by atoms with Crippen LogP contribution in [0.3, 0.4) is 0 Å². The third-order valence-corrected chi connectivity index (χ3v) is 5.49. The average molecular weight is 521 g/mol. The minimum Gasteiger partial charge on any atom is -0.357 e. The molecule has 0 bridgehead atoms. The summed E-state index contributed by atoms with van der Waals surface area (Å²) in [6.07, 6.45) is 6.21. The lowest BCUT2D eigenvalue weighted by atomic mass is 10.0. The van der Waals surface area contributed by atoms with E-state index >= 15 is 0 Å². The van der Waals surface area contributed by atoms with Crippen LogP contribution < -0.4 is 10.6 Å². The molecule has 6 heteroatoms. The lowest BCUT2D eigenvalue weighted by Gasteiger charge is -2.32. The van der Waals surface area contributed by atoms with E-state index in [0.29, 0.717) is 6.04 Å². The van der Waals surface area contributed by atoms with Gasteiger partial charge in [-0.05, 0) is 55.9 Å². The average Bonchev–Trinajstić information content (AvgIpc) is 2.76. The maximum absolute atomic E-state index is 4.80. The summed E-state index contributed by atoms with van der Waals surface area (Å²) >= 11 is 0. The normalized spacial score (nSPS) is 15.5. The van der Waals surface area contributed by atoms with Crippen LogP contribution in [0.25, 0.3) is 0 Å². The number of aliphatic imine (C=N–C) groups is 1. The lowest BCUT2D eigenvalue weighted by Crippen LogP contribution is -2.48. The zero-order valence-corrected chi connectivity index (χ0v) is 20.6. The van der Waals surface area contributed by atoms with Gasteiger partial charge in [0.05, 0.1) is 5.69 Å². The Morgan fingerprint density at radius 2 is 1.80 bits per heavy atom. The van der Waals surface area contributed by atoms with E-state index in [1.807, 2.05) is 12.3 Å². The standard InChI is InChI=1S/C24H35N5.HI/c1-3-20-8-10-21(11-9-20)12-16-27-24(25-4-2)28-22-13-17-29(18-14-22)19-23-7-5-6-15-26-23;/h5-11,15,22H,3-4,12-14,16-19H2,1-2H3,(H2,25,27,28);1H. The molecule has 0 atom stereocenters. The summed E-state index contributed by atoms with van der Waals surface area (Å²) in [4.78, 5) is 11.7. The predicted octanol–water partition coefficient (Wildman–Crippen LogP) is 4.02. The van der Waals surface area contributed by atoms with Crippen molar-refractivity contribution < 1.29 is 0 Å². The van der Waals surface area contributed by atoms with Crippen molar-refractivity contribution in [3.63, 3.8) is 0 Å². The highest BCUT2D eigenvalue weighted by molar-refractivity contribution is 14.0. The van der Waals surface area contributed by atoms with Crippen molar-refractivity contribution in [3.05, 3.63) is 65.5 Å². The number of halogens is 1. The van der Waals surface area contributed by atoms with Crippen molar-refractivity contribution in [1.82, 2.24) is 20.5 Å². The zero-order valence-electron chi connectivity index (χ0n) is 18.3. The van der Waals surface area contributed by atoms with Crippen LogP contribution in [-0.4, -0.2) is 48.1 Å². The Hall–Kier alpha value is -1.67. The van der Waals surface area contributed by atoms with Crippen LogP contribution in [0.1, 0.15) is 43.5 Å². The number of aryl methyl sites for hydroxylation is 1. The van der Waals surface area contributed by atoms with E-state index in [2.05, 4.69) is 70.8 Å². The first kappa shape index (κ1) is 24.6. The fourth-order valence-corrected chi connectivity index (χ4v) is 3.71. The van der Waals surface area contributed by atoms with Gasteiger partial charge in [0.1, 0.15) is 0 Å². The molecule has 0 amide bonds. The molecule has 30 heavy (non-hydrogen) atoms. The molecule has 1 aliphatic rings. The van der Waals surface area contributed by atoms with E-state index in [1.165, 1.54) is 11.1 Å². The highest BCUT2D eigenvalue weighted by Crippen LogP contribution is 2.13. The van der Waals surface area contributed by atoms with E-state index < -0.39 is 0 Å². The Morgan fingerprint density at radius 3 is 2.43 bits per heavy atom. The largest absolute Gasteiger partial charge is 0.357 e. The molecular formula is C24H36IN5. The van der Waals surface area contributed by atoms with Crippen molar-refractivity contribution >= 4 is 29.9 Å². The Kier molecular flexibility index (Phi) is 11.1. The van der Waals surface area contributed by atoms with Gasteiger partial charge < -0.3 is 10.6 Å². The Bertz CT molecular complexity index is 740. The molecule has 2 heterocycles. The second-order valence-corrected chi connectivity index (χ2v) is 7.70. The second kappa shape index (κ2) is 13.6. The Morgan fingerprint density at radius 1 is 1.07 bits per heavy atom. The highest BCUT2D eigenvalue weighted by atomic mass is 127. The summed E-state index contributed by atoms with van der Waals surface area (Å²) in [7, 11) is 0. The molecule has 1 aromatic carbocycles. The highest BCUT2D eigenvalue weighted by Gasteiger charge is 2.20. The van der Waals surface area contributed by atoms with E-state index in [9.17, 15) is 0 Å². The van der Waals surface area contributed by atoms with Crippen molar-refractivity contribution in [2.75, 3.05) is 26.2 Å². The van der Waals surface area contributed by atoms with Crippen LogP contribution in [0, 0.1) is 0 Å². The van der Waals surface area contributed by atoms with E-state index in [-0.39, 0.29) is 24.0 Å². The number of rotatable bonds is 8. The molecule has 0 saturated carbocycles. The summed E-state index contributed by atoms with van der Waals surface area (Å²) in [6.45, 7) is 9.13. The van der Waals surface area contributed by atoms with Crippen LogP contribution in [0.15, 0.2) is 53.7 Å². The molecule has 0 aliphatic carbocycles. The summed E-state index contributed by atoms with van der Waals surface area (Å²) in [5.74, 6) is 0.945. The second-order valence-electron chi connectivity index (χ2n) is 7.70. The number of guanidine groups is 1. The molecule has 5 nitrogen and oxygen atoms in total. The first-order chi connectivity index (χ1) is 14.3. The molecule has 3 rings (SSSR count). The quantitative estimate of drug-likeness (QED) is 0.313. The molecule has 1 aromatic heterocycles. The maximum Gasteiger partial charge on any atom is 0.191 e. The Balaban J connectivity index is 0.00000320. The van der Waals surface area contributed by atoms with Crippen LogP contribution in [-0.2, 0) is 19.4 Å². The van der Waals surface area contributed by atoms with Gasteiger partial charge in [-0.25, -0.2) is 0 Å². The maximum atomic E-state index is 4.80. The van der Waals surface area contributed by atoms with Gasteiger partial charge in [0.2, 0.25) is 0 Å². The number of piperidine rings is 1. The van der Waals surface area contributed by atoms with Gasteiger partial charge >= 0.3 is 0 Å². The fourth-order valence-electron chi connectivity index (χ4n) is 3.71. The first-order valence-electron chi connectivity index (χ1n) is 11.0. The van der Waals surface area contributed by atoms with Gasteiger partial charge in [0.15, 0.2) is 5.96 Å². The van der Waals surface area contributed by atoms with Crippen LogP contribution in [0.2, 0.25) is 0 Å². The molecule has 0 unspecified atom stereocenters. The van der Waals surface area contributed by atoms with E-state index in [0.717, 1.165) is 70.1 Å². The number of hydrogen-bond acceptors (Lipinski definition) is 3. The number of likely N-dealkylation sites (tertiary alicyclic amines) is 1. The molecular weight excluding hydrogens is 485 g/mol. The molecule has 1 aliphatic heterocycles. The van der Waals surface area contributed by atoms with Gasteiger partial charge in [-0.15, -0.1) is 24.0 Å². The summed E-state index contributed by atoms with van der Waals surface area (Å²) in [5, 5.41) is 7.04. The van der Waals surface area contributed by atoms with Gasteiger partial charge in [0.25, 0.3) is 0 Å². The SMILES string of the molecule is CCNC(=NCCc1ccc(CC)cc1)NC1CCN(Cc2ccccn2)CC1.I. The van der Waals surface area contributed by atoms with Crippen molar-refractivity contribution in [1.29, 1.82) is 0 Å². The number of pyridine rings is 1. The molecule has 2 aromatic rings. The topological polar surface area (TPSA) is 52.6 Å². The minimum absolute atomic E-state index is 0. The van der Waals surface area contributed by atoms with Crippen LogP contribution in [0.4, 0.5) is 0 Å². The summed E-state index contributed by atoms with van der Waals surface area (Å²) < 4.78 is 0. The minimum atomic E-state index is 0. The fraction of sp³-hybridized carbons (Fsp3) is 0.500. The molecule has 0 spiro atoms. The molecule has 1 fully saturated rings. The van der Waals surface area contributed by atoms with Crippen LogP contribution in [0.5, 0.6) is 0 Å². The number of nitrogens with one attached hydrogen (secondary N) is 2. The molecule has 0 radical (unpaired) electrons. The molecule has 164 valence electrons. The van der Waals surface area contributed by atoms with Crippen molar-refractivity contribution in [2.45, 2.75) is 52.1 Å². The number of hydrogen-bond donors (Lipinski definition) is 2. The Labute approximate surface area is 198 Å². The predicted molar refractivity (Wildman–Crippen MR) is 137 cm³/mol. The lowest BCUT2D eigenvalue weighted by molar-refractivity contribution is 0.196. The number of nitrogens with zero attached hydrogens (tertiary/aromatic N) is 3. The van der Waals surface area contributed by atoms with Gasteiger partial charge in [-0.1, -0.05) is 37.3 Å². The third-order valence-electron chi connectivity index (χ3n) is 5.49. The van der Waals surface area contributed by atoms with Gasteiger partial charge in [-0.2, -0.15) is 0 Å². The van der Waals surface area contributed by atoms with Gasteiger partial charge in [-0.3, -0.25) is 14.9 Å². The number of benzene rings is 1. The van der Waals surface area contributed by atoms with Gasteiger partial charge in [0, 0.05) is 45.0 Å². The first-order valence-corrected chi connectivity index (χ1v) is 11.0. The van der Waals surface area contributed by atoms with Crippen molar-refractivity contribution in [2.24, 2.45) is 4.99 Å². The molecule has 1 saturated heterocycles. The van der Waals surface area contributed by atoms with Crippen LogP contribution >= 0.6 is 24.0 Å². The molecule has 2 N–H and O–H groups in total. The monoisotopic (exact) mass is 521 g/mol. The third kappa shape index (κ3) is 8.22. The smallest absolute Gasteiger partial charge is 0.191 e. The van der Waals surface area contributed by atoms with Crippen molar-refractivity contribution in [3.8, 4) is 0 Å². The summed E-state index contributed by atoms with van der Waals surface area (Å²) in [6, 6.07) is 15.5. The zero-order chi connectivity index (χ0) is 20.3. The number of aromatic nitrogens is 1. The van der Waals surface area contributed by atoms with E-state index in [4.69, 9.17) is 4.99 Å². The van der Waals surface area contributed by atoms with E-state index in [1.54, 1.807) is 0 Å². The summed E-state index contributed by atoms with van der Waals surface area (Å²) in [5.41, 5.74) is 3.90.